The number of carbonyl (C=O) groups is 1. The molecule has 0 amide bonds. The van der Waals surface area contributed by atoms with Gasteiger partial charge in [-0.3, -0.25) is 4.79 Å². The second kappa shape index (κ2) is 3.82. The Morgan fingerprint density at radius 1 is 1.71 bits per heavy atom. The van der Waals surface area contributed by atoms with Crippen LogP contribution in [0.5, 0.6) is 0 Å². The van der Waals surface area contributed by atoms with E-state index in [9.17, 15) is 4.79 Å². The smallest absolute Gasteiger partial charge is 0.303 e. The van der Waals surface area contributed by atoms with E-state index in [1.165, 1.54) is 5.69 Å². The Morgan fingerprint density at radius 3 is 3.36 bits per heavy atom. The first-order chi connectivity index (χ1) is 6.75. The number of nitrogens with zero attached hydrogens (tertiary/aromatic N) is 2. The molecule has 1 unspecified atom stereocenters. The molecule has 1 aromatic heterocycles. The van der Waals surface area contributed by atoms with Crippen LogP contribution in [0.15, 0.2) is 12.5 Å². The van der Waals surface area contributed by atoms with Gasteiger partial charge < -0.3 is 9.67 Å². The van der Waals surface area contributed by atoms with Crippen molar-refractivity contribution >= 4 is 5.97 Å². The Balaban J connectivity index is 1.91. The number of aromatic nitrogens is 2. The van der Waals surface area contributed by atoms with E-state index in [1.807, 2.05) is 12.5 Å². The summed E-state index contributed by atoms with van der Waals surface area (Å²) in [5.41, 5.74) is 1.24. The third kappa shape index (κ3) is 1.95. The van der Waals surface area contributed by atoms with E-state index in [0.29, 0.717) is 12.3 Å². The van der Waals surface area contributed by atoms with Crippen molar-refractivity contribution in [3.63, 3.8) is 0 Å². The monoisotopic (exact) mass is 194 g/mol. The van der Waals surface area contributed by atoms with E-state index < -0.39 is 5.97 Å². The lowest BCUT2D eigenvalue weighted by Gasteiger charge is -2.22. The molecular weight excluding hydrogens is 180 g/mol. The van der Waals surface area contributed by atoms with Gasteiger partial charge in [0.25, 0.3) is 0 Å². The highest BCUT2D eigenvalue weighted by Crippen LogP contribution is 2.23. The molecule has 4 heteroatoms. The molecule has 1 N–H and O–H groups in total. The molecule has 0 fully saturated rings. The van der Waals surface area contributed by atoms with Gasteiger partial charge in [0.2, 0.25) is 0 Å². The largest absolute Gasteiger partial charge is 0.481 e. The Morgan fingerprint density at radius 2 is 2.57 bits per heavy atom. The molecule has 4 nitrogen and oxygen atoms in total. The fraction of sp³-hybridized carbons (Fsp3) is 0.600. The lowest BCUT2D eigenvalue weighted by Crippen LogP contribution is -2.19. The van der Waals surface area contributed by atoms with Crippen LogP contribution in [-0.2, 0) is 17.8 Å². The molecule has 0 saturated heterocycles. The fourth-order valence-electron chi connectivity index (χ4n) is 2.01. The number of hydrogen-bond acceptors (Lipinski definition) is 2. The van der Waals surface area contributed by atoms with Crippen LogP contribution in [0.2, 0.25) is 0 Å². The van der Waals surface area contributed by atoms with Gasteiger partial charge in [-0.25, -0.2) is 4.98 Å². The first kappa shape index (κ1) is 9.24. The highest BCUT2D eigenvalue weighted by Gasteiger charge is 2.18. The van der Waals surface area contributed by atoms with E-state index >= 15 is 0 Å². The Bertz CT molecular complexity index is 333. The van der Waals surface area contributed by atoms with Gasteiger partial charge in [0, 0.05) is 24.9 Å². The quantitative estimate of drug-likeness (QED) is 0.789. The first-order valence-electron chi connectivity index (χ1n) is 4.96. The van der Waals surface area contributed by atoms with Crippen molar-refractivity contribution in [1.82, 2.24) is 9.55 Å². The van der Waals surface area contributed by atoms with E-state index in [2.05, 4.69) is 9.55 Å². The maximum absolute atomic E-state index is 10.4. The summed E-state index contributed by atoms with van der Waals surface area (Å²) >= 11 is 0. The van der Waals surface area contributed by atoms with Gasteiger partial charge in [0.15, 0.2) is 0 Å². The maximum Gasteiger partial charge on any atom is 0.303 e. The molecule has 1 aromatic rings. The maximum atomic E-state index is 10.4. The van der Waals surface area contributed by atoms with Gasteiger partial charge >= 0.3 is 5.97 Å². The molecule has 1 aliphatic rings. The van der Waals surface area contributed by atoms with Gasteiger partial charge in [-0.2, -0.15) is 0 Å². The summed E-state index contributed by atoms with van der Waals surface area (Å²) in [5, 5.41) is 8.58. The molecule has 0 saturated carbocycles. The number of aliphatic carboxylic acids is 1. The zero-order chi connectivity index (χ0) is 9.97. The molecule has 2 heterocycles. The topological polar surface area (TPSA) is 55.1 Å². The highest BCUT2D eigenvalue weighted by atomic mass is 16.4. The van der Waals surface area contributed by atoms with Crippen LogP contribution in [0.25, 0.3) is 0 Å². The molecule has 14 heavy (non-hydrogen) atoms. The second-order valence-corrected chi connectivity index (χ2v) is 3.87. The summed E-state index contributed by atoms with van der Waals surface area (Å²) in [7, 11) is 0. The molecule has 0 spiro atoms. The summed E-state index contributed by atoms with van der Waals surface area (Å²) in [4.78, 5) is 14.5. The van der Waals surface area contributed by atoms with Crippen LogP contribution < -0.4 is 0 Å². The molecular formula is C10H14N2O2. The molecule has 76 valence electrons. The van der Waals surface area contributed by atoms with Gasteiger partial charge in [-0.05, 0) is 25.2 Å². The summed E-state index contributed by atoms with van der Waals surface area (Å²) in [6.07, 6.45) is 6.87. The number of fused-ring (bicyclic) bond motifs is 1. The summed E-state index contributed by atoms with van der Waals surface area (Å²) < 4.78 is 2.15. The van der Waals surface area contributed by atoms with Crippen molar-refractivity contribution < 1.29 is 9.90 Å². The predicted octanol–water partition coefficient (Wildman–Crippen LogP) is 1.31. The van der Waals surface area contributed by atoms with Crippen LogP contribution in [0.4, 0.5) is 0 Å². The number of imidazole rings is 1. The minimum atomic E-state index is -0.691. The van der Waals surface area contributed by atoms with Crippen LogP contribution in [0, 0.1) is 5.92 Å². The minimum Gasteiger partial charge on any atom is -0.481 e. The standard InChI is InChI=1S/C10H14N2O2/c13-10(14)2-1-8-3-4-12-7-11-6-9(12)5-8/h6-8H,1-5H2,(H,13,14). The number of aryl methyl sites for hydroxylation is 1. The molecule has 0 aromatic carbocycles. The molecule has 0 bridgehead atoms. The van der Waals surface area contributed by atoms with Crippen LogP contribution >= 0.6 is 0 Å². The summed E-state index contributed by atoms with van der Waals surface area (Å²) in [5.74, 6) is -0.167. The Labute approximate surface area is 82.6 Å². The second-order valence-electron chi connectivity index (χ2n) is 3.87. The average molecular weight is 194 g/mol. The van der Waals surface area contributed by atoms with E-state index in [1.54, 1.807) is 0 Å². The highest BCUT2D eigenvalue weighted by molar-refractivity contribution is 5.66. The van der Waals surface area contributed by atoms with E-state index in [-0.39, 0.29) is 0 Å². The van der Waals surface area contributed by atoms with E-state index in [4.69, 9.17) is 5.11 Å². The third-order valence-electron chi connectivity index (χ3n) is 2.84. The van der Waals surface area contributed by atoms with Crippen LogP contribution in [0.1, 0.15) is 25.0 Å². The van der Waals surface area contributed by atoms with Gasteiger partial charge in [-0.1, -0.05) is 0 Å². The Kier molecular flexibility index (Phi) is 2.52. The average Bonchev–Trinajstić information content (AvgIpc) is 2.61. The lowest BCUT2D eigenvalue weighted by atomic mass is 9.92. The number of carboxylic acids is 1. The summed E-state index contributed by atoms with van der Waals surface area (Å²) in [6, 6.07) is 0. The van der Waals surface area contributed by atoms with Crippen LogP contribution in [-0.4, -0.2) is 20.6 Å². The predicted molar refractivity (Wildman–Crippen MR) is 50.9 cm³/mol. The van der Waals surface area contributed by atoms with Gasteiger partial charge in [0.05, 0.1) is 6.33 Å². The Hall–Kier alpha value is -1.32. The molecule has 1 atom stereocenters. The SMILES string of the molecule is O=C(O)CCC1CCn2cncc2C1. The van der Waals surface area contributed by atoms with E-state index in [0.717, 1.165) is 25.8 Å². The zero-order valence-electron chi connectivity index (χ0n) is 8.02. The lowest BCUT2D eigenvalue weighted by molar-refractivity contribution is -0.137. The van der Waals surface area contributed by atoms with Crippen molar-refractivity contribution in [3.8, 4) is 0 Å². The van der Waals surface area contributed by atoms with Crippen molar-refractivity contribution in [2.24, 2.45) is 5.92 Å². The van der Waals surface area contributed by atoms with Gasteiger partial charge in [-0.15, -0.1) is 0 Å². The van der Waals surface area contributed by atoms with Crippen molar-refractivity contribution in [3.05, 3.63) is 18.2 Å². The van der Waals surface area contributed by atoms with Crippen LogP contribution in [0.3, 0.4) is 0 Å². The number of carboxylic acid groups (broad SMARTS) is 1. The fourth-order valence-corrected chi connectivity index (χ4v) is 2.01. The molecule has 0 radical (unpaired) electrons. The van der Waals surface area contributed by atoms with Crippen molar-refractivity contribution in [1.29, 1.82) is 0 Å². The molecule has 2 rings (SSSR count). The number of hydrogen-bond donors (Lipinski definition) is 1. The van der Waals surface area contributed by atoms with Gasteiger partial charge in [0.1, 0.15) is 0 Å². The van der Waals surface area contributed by atoms with Crippen molar-refractivity contribution in [2.75, 3.05) is 0 Å². The number of rotatable bonds is 3. The zero-order valence-corrected chi connectivity index (χ0v) is 8.02. The first-order valence-corrected chi connectivity index (χ1v) is 4.96. The summed E-state index contributed by atoms with van der Waals surface area (Å²) in [6.45, 7) is 0.986. The molecule has 1 aliphatic heterocycles. The normalized spacial score (nSPS) is 20.4. The molecule has 0 aliphatic carbocycles. The minimum absolute atomic E-state index is 0.290. The van der Waals surface area contributed by atoms with Crippen molar-refractivity contribution in [2.45, 2.75) is 32.2 Å². The third-order valence-corrected chi connectivity index (χ3v) is 2.84.